The van der Waals surface area contributed by atoms with Crippen LogP contribution in [0.5, 0.6) is 5.75 Å². The molecule has 0 bridgehead atoms. The number of aromatic nitrogens is 1. The van der Waals surface area contributed by atoms with Crippen LogP contribution in [-0.4, -0.2) is 72.5 Å². The van der Waals surface area contributed by atoms with Crippen molar-refractivity contribution < 1.29 is 23.1 Å². The first-order valence-electron chi connectivity index (χ1n) is 11.8. The van der Waals surface area contributed by atoms with E-state index < -0.39 is 22.2 Å². The molecule has 2 aliphatic rings. The fourth-order valence-electron chi connectivity index (χ4n) is 4.26. The van der Waals surface area contributed by atoms with E-state index in [1.54, 1.807) is 49.5 Å². The summed E-state index contributed by atoms with van der Waals surface area (Å²) < 4.78 is 34.9. The summed E-state index contributed by atoms with van der Waals surface area (Å²) in [5, 5.41) is 9.79. The molecular formula is C25H33N3O5S. The molecule has 8 nitrogen and oxygen atoms in total. The minimum atomic E-state index is -3.91. The summed E-state index contributed by atoms with van der Waals surface area (Å²) >= 11 is 0. The van der Waals surface area contributed by atoms with Gasteiger partial charge in [-0.25, -0.2) is 8.42 Å². The lowest BCUT2D eigenvalue weighted by molar-refractivity contribution is -0.131. The minimum Gasteiger partial charge on any atom is -0.487 e. The highest BCUT2D eigenvalue weighted by molar-refractivity contribution is 7.89. The van der Waals surface area contributed by atoms with Gasteiger partial charge < -0.3 is 14.7 Å². The topological polar surface area (TPSA) is 100 Å². The largest absolute Gasteiger partial charge is 0.487 e. The fraction of sp³-hybridized carbons (Fsp3) is 0.520. The molecule has 1 aromatic carbocycles. The van der Waals surface area contributed by atoms with Crippen molar-refractivity contribution in [3.63, 3.8) is 0 Å². The van der Waals surface area contributed by atoms with Gasteiger partial charge >= 0.3 is 0 Å². The Morgan fingerprint density at radius 3 is 2.59 bits per heavy atom. The maximum atomic E-state index is 13.6. The quantitative estimate of drug-likeness (QED) is 0.645. The van der Waals surface area contributed by atoms with Crippen molar-refractivity contribution in [2.75, 3.05) is 26.7 Å². The lowest BCUT2D eigenvalue weighted by Crippen LogP contribution is -2.50. The Hall–Kier alpha value is -2.49. The standard InChI is InChI=1S/C25H33N3O5S/c1-17-14-28(18(2)16-29)34(31,32)24-7-6-21(20-8-10-26-11-9-20)13-22(24)33-23(17)15-27(3)25(30)12-19-4-5-19/h6-11,13,17-19,23,29H,4-5,12,14-16H2,1-3H3/t17-,18+,23+/m0/s1. The lowest BCUT2D eigenvalue weighted by Gasteiger charge is -2.37. The van der Waals surface area contributed by atoms with Gasteiger partial charge in [-0.15, -0.1) is 0 Å². The van der Waals surface area contributed by atoms with Crippen LogP contribution < -0.4 is 4.74 Å². The van der Waals surface area contributed by atoms with Crippen LogP contribution in [0, 0.1) is 11.8 Å². The molecule has 1 aliphatic heterocycles. The summed E-state index contributed by atoms with van der Waals surface area (Å²) in [6.07, 6.45) is 5.70. The van der Waals surface area contributed by atoms with E-state index in [0.29, 0.717) is 18.9 Å². The SMILES string of the molecule is C[C@H](CO)N1C[C@H](C)[C@@H](CN(C)C(=O)CC2CC2)Oc2cc(-c3ccncc3)ccc2S1(=O)=O. The van der Waals surface area contributed by atoms with Gasteiger partial charge in [0.2, 0.25) is 15.9 Å². The molecule has 1 fully saturated rings. The fourth-order valence-corrected chi connectivity index (χ4v) is 6.09. The molecular weight excluding hydrogens is 454 g/mol. The number of carbonyl (C=O) groups is 1. The molecule has 1 saturated carbocycles. The van der Waals surface area contributed by atoms with Crippen LogP contribution in [0.2, 0.25) is 0 Å². The Morgan fingerprint density at radius 2 is 1.94 bits per heavy atom. The highest BCUT2D eigenvalue weighted by Gasteiger charge is 2.38. The predicted octanol–water partition coefficient (Wildman–Crippen LogP) is 2.78. The van der Waals surface area contributed by atoms with E-state index in [2.05, 4.69) is 4.98 Å². The van der Waals surface area contributed by atoms with Crippen LogP contribution in [0.15, 0.2) is 47.6 Å². The van der Waals surface area contributed by atoms with Crippen LogP contribution in [-0.2, 0) is 14.8 Å². The van der Waals surface area contributed by atoms with Gasteiger partial charge in [-0.1, -0.05) is 13.0 Å². The van der Waals surface area contributed by atoms with E-state index in [1.807, 2.05) is 19.1 Å². The van der Waals surface area contributed by atoms with Gasteiger partial charge in [0.15, 0.2) is 0 Å². The molecule has 4 rings (SSSR count). The maximum Gasteiger partial charge on any atom is 0.247 e. The normalized spacial score (nSPS) is 23.2. The highest BCUT2D eigenvalue weighted by atomic mass is 32.2. The van der Waals surface area contributed by atoms with Crippen molar-refractivity contribution in [1.29, 1.82) is 0 Å². The van der Waals surface area contributed by atoms with Crippen molar-refractivity contribution in [3.8, 4) is 16.9 Å². The van der Waals surface area contributed by atoms with Crippen molar-refractivity contribution in [2.24, 2.45) is 11.8 Å². The zero-order valence-electron chi connectivity index (χ0n) is 19.9. The maximum absolute atomic E-state index is 13.6. The van der Waals surface area contributed by atoms with E-state index in [0.717, 1.165) is 24.0 Å². The molecule has 0 spiro atoms. The lowest BCUT2D eigenvalue weighted by atomic mass is 10.0. The summed E-state index contributed by atoms with van der Waals surface area (Å²) in [5.74, 6) is 0.612. The first-order chi connectivity index (χ1) is 16.2. The second-order valence-corrected chi connectivity index (χ2v) is 11.4. The number of sulfonamides is 1. The first kappa shape index (κ1) is 24.6. The van der Waals surface area contributed by atoms with Crippen molar-refractivity contribution >= 4 is 15.9 Å². The van der Waals surface area contributed by atoms with Crippen LogP contribution in [0.3, 0.4) is 0 Å². The number of ether oxygens (including phenoxy) is 1. The molecule has 34 heavy (non-hydrogen) atoms. The summed E-state index contributed by atoms with van der Waals surface area (Å²) in [4.78, 5) is 18.5. The second-order valence-electron chi connectivity index (χ2n) is 9.56. The van der Waals surface area contributed by atoms with E-state index >= 15 is 0 Å². The van der Waals surface area contributed by atoms with Gasteiger partial charge in [-0.3, -0.25) is 9.78 Å². The Bertz CT molecular complexity index is 1120. The molecule has 1 aliphatic carbocycles. The third-order valence-electron chi connectivity index (χ3n) is 6.72. The molecule has 1 amide bonds. The number of carbonyl (C=O) groups excluding carboxylic acids is 1. The zero-order chi connectivity index (χ0) is 24.5. The van der Waals surface area contributed by atoms with Crippen LogP contribution >= 0.6 is 0 Å². The monoisotopic (exact) mass is 487 g/mol. The number of nitrogens with zero attached hydrogens (tertiary/aromatic N) is 3. The van der Waals surface area contributed by atoms with Gasteiger partial charge in [0.25, 0.3) is 0 Å². The summed E-state index contributed by atoms with van der Waals surface area (Å²) in [7, 11) is -2.13. The molecule has 0 radical (unpaired) electrons. The number of benzene rings is 1. The van der Waals surface area contributed by atoms with Crippen molar-refractivity contribution in [3.05, 3.63) is 42.7 Å². The van der Waals surface area contributed by atoms with Gasteiger partial charge in [-0.05, 0) is 61.1 Å². The Balaban J connectivity index is 1.72. The van der Waals surface area contributed by atoms with Crippen LogP contribution in [0.25, 0.3) is 11.1 Å². The van der Waals surface area contributed by atoms with Crippen LogP contribution in [0.4, 0.5) is 0 Å². The van der Waals surface area contributed by atoms with E-state index in [-0.39, 0.29) is 35.6 Å². The van der Waals surface area contributed by atoms with Crippen molar-refractivity contribution in [2.45, 2.75) is 50.2 Å². The van der Waals surface area contributed by atoms with E-state index in [4.69, 9.17) is 4.74 Å². The molecule has 3 atom stereocenters. The summed E-state index contributed by atoms with van der Waals surface area (Å²) in [6.45, 7) is 3.87. The molecule has 184 valence electrons. The molecule has 0 saturated heterocycles. The Kier molecular flexibility index (Phi) is 7.25. The number of likely N-dealkylation sites (N-methyl/N-ethyl adjacent to an activating group) is 1. The van der Waals surface area contributed by atoms with Crippen molar-refractivity contribution in [1.82, 2.24) is 14.2 Å². The number of pyridine rings is 1. The Morgan fingerprint density at radius 1 is 1.24 bits per heavy atom. The smallest absolute Gasteiger partial charge is 0.247 e. The number of aliphatic hydroxyl groups is 1. The summed E-state index contributed by atoms with van der Waals surface area (Å²) in [5.41, 5.74) is 1.70. The molecule has 1 N–H and O–H groups in total. The molecule has 1 aromatic heterocycles. The molecule has 0 unspecified atom stereocenters. The third kappa shape index (κ3) is 5.26. The average molecular weight is 488 g/mol. The second kappa shape index (κ2) is 10.0. The van der Waals surface area contributed by atoms with Gasteiger partial charge in [0.05, 0.1) is 13.2 Å². The number of rotatable bonds is 7. The van der Waals surface area contributed by atoms with E-state index in [1.165, 1.54) is 4.31 Å². The number of amides is 1. The predicted molar refractivity (Wildman–Crippen MR) is 129 cm³/mol. The zero-order valence-corrected chi connectivity index (χ0v) is 20.7. The number of aliphatic hydroxyl groups excluding tert-OH is 1. The highest BCUT2D eigenvalue weighted by Crippen LogP contribution is 2.37. The number of hydrogen-bond donors (Lipinski definition) is 1. The van der Waals surface area contributed by atoms with Gasteiger partial charge in [0.1, 0.15) is 16.7 Å². The number of fused-ring (bicyclic) bond motifs is 1. The number of hydrogen-bond acceptors (Lipinski definition) is 6. The van der Waals surface area contributed by atoms with Crippen LogP contribution in [0.1, 0.15) is 33.1 Å². The molecule has 2 aromatic rings. The average Bonchev–Trinajstić information content (AvgIpc) is 3.65. The van der Waals surface area contributed by atoms with E-state index in [9.17, 15) is 18.3 Å². The van der Waals surface area contributed by atoms with Gasteiger partial charge in [-0.2, -0.15) is 4.31 Å². The third-order valence-corrected chi connectivity index (χ3v) is 8.74. The first-order valence-corrected chi connectivity index (χ1v) is 13.2. The molecule has 2 heterocycles. The Labute approximate surface area is 201 Å². The molecule has 9 heteroatoms. The minimum absolute atomic E-state index is 0.0643. The van der Waals surface area contributed by atoms with Gasteiger partial charge in [0, 0.05) is 44.4 Å². The summed E-state index contributed by atoms with van der Waals surface area (Å²) in [6, 6.07) is 8.16.